The minimum Gasteiger partial charge on any atom is -0.331 e. The lowest BCUT2D eigenvalue weighted by molar-refractivity contribution is -0.895. The molecule has 6 heteroatoms. The fourth-order valence-electron chi connectivity index (χ4n) is 3.60. The molecule has 0 aliphatic carbocycles. The molecule has 5 nitrogen and oxygen atoms in total. The molecule has 0 spiro atoms. The first-order chi connectivity index (χ1) is 13.4. The molecular formula is C22H27FN3O2+. The number of piperazine rings is 1. The third-order valence-corrected chi connectivity index (χ3v) is 5.22. The molecule has 0 unspecified atom stereocenters. The smallest absolute Gasteiger partial charge is 0.279 e. The highest BCUT2D eigenvalue weighted by Crippen LogP contribution is 2.18. The zero-order valence-corrected chi connectivity index (χ0v) is 16.4. The standard InChI is InChI=1S/C22H26FN3O2/c1-16-5-3-6-17(2)22(16)24-20(27)15-25-9-11-26(12-10-25)21(28)14-18-7-4-8-19(23)13-18/h3-8,13H,9-12,14-15H2,1-2H3,(H,24,27)/p+1. The maximum absolute atomic E-state index is 13.3. The molecule has 1 fully saturated rings. The van der Waals surface area contributed by atoms with Crippen molar-refractivity contribution in [3.8, 4) is 0 Å². The van der Waals surface area contributed by atoms with Crippen LogP contribution in [-0.2, 0) is 16.0 Å². The van der Waals surface area contributed by atoms with Gasteiger partial charge in [0.15, 0.2) is 6.54 Å². The van der Waals surface area contributed by atoms with E-state index in [2.05, 4.69) is 5.32 Å². The molecule has 0 atom stereocenters. The lowest BCUT2D eigenvalue weighted by Crippen LogP contribution is -3.15. The second-order valence-electron chi connectivity index (χ2n) is 7.43. The van der Waals surface area contributed by atoms with E-state index in [9.17, 15) is 14.0 Å². The number of aryl methyl sites for hydroxylation is 2. The topological polar surface area (TPSA) is 53.9 Å². The van der Waals surface area contributed by atoms with E-state index in [0.717, 1.165) is 29.9 Å². The molecule has 1 saturated heterocycles. The number of amides is 2. The number of para-hydroxylation sites is 1. The molecule has 28 heavy (non-hydrogen) atoms. The van der Waals surface area contributed by atoms with Gasteiger partial charge in [0.05, 0.1) is 32.6 Å². The van der Waals surface area contributed by atoms with Crippen molar-refractivity contribution >= 4 is 17.5 Å². The fraction of sp³-hybridized carbons (Fsp3) is 0.364. The molecular weight excluding hydrogens is 357 g/mol. The van der Waals surface area contributed by atoms with Gasteiger partial charge in [0.2, 0.25) is 5.91 Å². The lowest BCUT2D eigenvalue weighted by atomic mass is 10.1. The summed E-state index contributed by atoms with van der Waals surface area (Å²) in [7, 11) is 0. The summed E-state index contributed by atoms with van der Waals surface area (Å²) in [6.45, 7) is 7.04. The summed E-state index contributed by atoms with van der Waals surface area (Å²) < 4.78 is 13.3. The van der Waals surface area contributed by atoms with Crippen LogP contribution in [0.15, 0.2) is 42.5 Å². The largest absolute Gasteiger partial charge is 0.331 e. The van der Waals surface area contributed by atoms with E-state index >= 15 is 0 Å². The van der Waals surface area contributed by atoms with Crippen molar-refractivity contribution in [2.24, 2.45) is 0 Å². The van der Waals surface area contributed by atoms with Crippen LogP contribution in [0.1, 0.15) is 16.7 Å². The molecule has 2 aromatic rings. The Hall–Kier alpha value is -2.73. The van der Waals surface area contributed by atoms with Crippen molar-refractivity contribution in [3.63, 3.8) is 0 Å². The van der Waals surface area contributed by atoms with Crippen LogP contribution in [0.5, 0.6) is 0 Å². The average Bonchev–Trinajstić information content (AvgIpc) is 2.65. The summed E-state index contributed by atoms with van der Waals surface area (Å²) in [6, 6.07) is 12.1. The van der Waals surface area contributed by atoms with Crippen molar-refractivity contribution in [1.82, 2.24) is 4.90 Å². The molecule has 0 saturated carbocycles. The van der Waals surface area contributed by atoms with Gasteiger partial charge in [-0.25, -0.2) is 4.39 Å². The van der Waals surface area contributed by atoms with Crippen molar-refractivity contribution in [3.05, 3.63) is 65.0 Å². The van der Waals surface area contributed by atoms with E-state index in [0.29, 0.717) is 25.2 Å². The number of hydrogen-bond donors (Lipinski definition) is 2. The highest BCUT2D eigenvalue weighted by Gasteiger charge is 2.25. The van der Waals surface area contributed by atoms with Gasteiger partial charge in [-0.15, -0.1) is 0 Å². The van der Waals surface area contributed by atoms with E-state index in [1.54, 1.807) is 17.0 Å². The molecule has 1 aliphatic heterocycles. The number of rotatable bonds is 5. The molecule has 3 rings (SSSR count). The minimum absolute atomic E-state index is 0.00429. The average molecular weight is 384 g/mol. The molecule has 0 bridgehead atoms. The Labute approximate surface area is 165 Å². The SMILES string of the molecule is Cc1cccc(C)c1NC(=O)C[NH+]1CCN(C(=O)Cc2cccc(F)c2)CC1. The van der Waals surface area contributed by atoms with Crippen LogP contribution in [0.4, 0.5) is 10.1 Å². The Morgan fingerprint density at radius 1 is 1.07 bits per heavy atom. The third kappa shape index (κ3) is 5.16. The second-order valence-corrected chi connectivity index (χ2v) is 7.43. The van der Waals surface area contributed by atoms with Crippen LogP contribution in [0.2, 0.25) is 0 Å². The maximum Gasteiger partial charge on any atom is 0.279 e. The summed E-state index contributed by atoms with van der Waals surface area (Å²) in [5, 5.41) is 3.02. The Morgan fingerprint density at radius 3 is 2.36 bits per heavy atom. The first kappa shape index (κ1) is 20.0. The summed E-state index contributed by atoms with van der Waals surface area (Å²) in [4.78, 5) is 27.8. The van der Waals surface area contributed by atoms with Crippen molar-refractivity contribution in [2.75, 3.05) is 38.0 Å². The molecule has 0 radical (unpaired) electrons. The number of nitrogens with one attached hydrogen (secondary N) is 2. The Balaban J connectivity index is 1.47. The molecule has 2 N–H and O–H groups in total. The van der Waals surface area contributed by atoms with Gasteiger partial charge in [-0.3, -0.25) is 9.59 Å². The van der Waals surface area contributed by atoms with Crippen LogP contribution >= 0.6 is 0 Å². The first-order valence-corrected chi connectivity index (χ1v) is 9.64. The summed E-state index contributed by atoms with van der Waals surface area (Å²) >= 11 is 0. The summed E-state index contributed by atoms with van der Waals surface area (Å²) in [5.74, 6) is -0.328. The molecule has 1 aliphatic rings. The number of carbonyl (C=O) groups is 2. The number of nitrogens with zero attached hydrogens (tertiary/aromatic N) is 1. The van der Waals surface area contributed by atoms with E-state index < -0.39 is 0 Å². The summed E-state index contributed by atoms with van der Waals surface area (Å²) in [6.07, 6.45) is 0.208. The quantitative estimate of drug-likeness (QED) is 0.818. The van der Waals surface area contributed by atoms with Gasteiger partial charge in [-0.2, -0.15) is 0 Å². The van der Waals surface area contributed by atoms with Gasteiger partial charge in [0.25, 0.3) is 5.91 Å². The molecule has 2 aromatic carbocycles. The molecule has 148 valence electrons. The highest BCUT2D eigenvalue weighted by atomic mass is 19.1. The Morgan fingerprint density at radius 2 is 1.71 bits per heavy atom. The number of halogens is 1. The second kappa shape index (κ2) is 8.97. The monoisotopic (exact) mass is 384 g/mol. The van der Waals surface area contributed by atoms with Gasteiger partial charge in [0, 0.05) is 5.69 Å². The van der Waals surface area contributed by atoms with Crippen LogP contribution in [0.3, 0.4) is 0 Å². The third-order valence-electron chi connectivity index (χ3n) is 5.22. The van der Waals surface area contributed by atoms with Gasteiger partial charge in [-0.05, 0) is 42.7 Å². The fourth-order valence-corrected chi connectivity index (χ4v) is 3.60. The number of hydrogen-bond acceptors (Lipinski definition) is 2. The van der Waals surface area contributed by atoms with E-state index in [1.165, 1.54) is 17.0 Å². The number of quaternary nitrogens is 1. The lowest BCUT2D eigenvalue weighted by Gasteiger charge is -2.32. The van der Waals surface area contributed by atoms with Gasteiger partial charge < -0.3 is 15.1 Å². The summed E-state index contributed by atoms with van der Waals surface area (Å²) in [5.41, 5.74) is 3.68. The maximum atomic E-state index is 13.3. The Bertz CT molecular complexity index is 840. The van der Waals surface area contributed by atoms with Crippen LogP contribution < -0.4 is 10.2 Å². The number of benzene rings is 2. The van der Waals surface area contributed by atoms with Crippen LogP contribution in [0.25, 0.3) is 0 Å². The van der Waals surface area contributed by atoms with Crippen molar-refractivity contribution in [2.45, 2.75) is 20.3 Å². The zero-order chi connectivity index (χ0) is 20.1. The van der Waals surface area contributed by atoms with Gasteiger partial charge in [0.1, 0.15) is 5.82 Å². The predicted octanol–water partition coefficient (Wildman–Crippen LogP) is 1.35. The Kier molecular flexibility index (Phi) is 6.41. The van der Waals surface area contributed by atoms with Crippen molar-refractivity contribution < 1.29 is 18.9 Å². The predicted molar refractivity (Wildman–Crippen MR) is 107 cm³/mol. The molecule has 0 aromatic heterocycles. The van der Waals surface area contributed by atoms with E-state index in [4.69, 9.17) is 0 Å². The van der Waals surface area contributed by atoms with Crippen LogP contribution in [-0.4, -0.2) is 49.4 Å². The normalized spacial score (nSPS) is 14.8. The van der Waals surface area contributed by atoms with Crippen LogP contribution in [0, 0.1) is 19.7 Å². The zero-order valence-electron chi connectivity index (χ0n) is 16.4. The number of carbonyl (C=O) groups excluding carboxylic acids is 2. The van der Waals surface area contributed by atoms with E-state index in [-0.39, 0.29) is 24.1 Å². The van der Waals surface area contributed by atoms with Crippen molar-refractivity contribution in [1.29, 1.82) is 0 Å². The minimum atomic E-state index is -0.325. The molecule has 2 amide bonds. The van der Waals surface area contributed by atoms with Gasteiger partial charge >= 0.3 is 0 Å². The number of anilines is 1. The highest BCUT2D eigenvalue weighted by molar-refractivity contribution is 5.93. The van der Waals surface area contributed by atoms with Gasteiger partial charge in [-0.1, -0.05) is 30.3 Å². The first-order valence-electron chi connectivity index (χ1n) is 9.64. The molecule has 1 heterocycles. The van der Waals surface area contributed by atoms with E-state index in [1.807, 2.05) is 32.0 Å².